The molecule has 6 aliphatic rings. The summed E-state index contributed by atoms with van der Waals surface area (Å²) in [5.41, 5.74) is 2.78. The smallest absolute Gasteiger partial charge is 0.246 e. The lowest BCUT2D eigenvalue weighted by molar-refractivity contribution is -0.153. The summed E-state index contributed by atoms with van der Waals surface area (Å²) >= 11 is 1.90. The molecule has 2 amide bonds. The third-order valence-corrected chi connectivity index (χ3v) is 13.6. The predicted molar refractivity (Wildman–Crippen MR) is 175 cm³/mol. The molecule has 6 nitrogen and oxygen atoms in total. The van der Waals surface area contributed by atoms with E-state index in [1.165, 1.54) is 35.9 Å². The molecule has 4 bridgehead atoms. The number of aryl methyl sites for hydroxylation is 1. The van der Waals surface area contributed by atoms with Gasteiger partial charge in [0, 0.05) is 28.6 Å². The highest BCUT2D eigenvalue weighted by molar-refractivity contribution is 7.99. The minimum Gasteiger partial charge on any atom is -0.467 e. The lowest BCUT2D eigenvalue weighted by atomic mass is 9.53. The van der Waals surface area contributed by atoms with E-state index >= 15 is 0 Å². The number of hydrogen-bond donors (Lipinski definition) is 2. The van der Waals surface area contributed by atoms with Crippen LogP contribution in [0.5, 0.6) is 0 Å². The van der Waals surface area contributed by atoms with E-state index in [2.05, 4.69) is 55.3 Å². The van der Waals surface area contributed by atoms with E-state index in [1.807, 2.05) is 28.8 Å². The zero-order valence-corrected chi connectivity index (χ0v) is 27.3. The molecule has 234 valence electrons. The van der Waals surface area contributed by atoms with E-state index in [-0.39, 0.29) is 28.7 Å². The summed E-state index contributed by atoms with van der Waals surface area (Å²) in [5.74, 6) is 5.49. The summed E-state index contributed by atoms with van der Waals surface area (Å²) in [5, 5.41) is 4.98. The number of hydrogen-bond acceptors (Lipinski definition) is 4. The van der Waals surface area contributed by atoms with Gasteiger partial charge in [-0.15, -0.1) is 0 Å². The van der Waals surface area contributed by atoms with Crippen LogP contribution in [0.1, 0.15) is 94.6 Å². The number of aromatic nitrogens is 1. The Morgan fingerprint density at radius 2 is 1.68 bits per heavy atom. The average Bonchev–Trinajstić information content (AvgIpc) is 3.35. The highest BCUT2D eigenvalue weighted by atomic mass is 32.2. The number of rotatable bonds is 8. The second-order valence-corrected chi connectivity index (χ2v) is 16.9. The van der Waals surface area contributed by atoms with E-state index in [1.54, 1.807) is 6.26 Å². The number of carbonyl (C=O) groups is 2. The van der Waals surface area contributed by atoms with Crippen molar-refractivity contribution in [3.05, 3.63) is 59.7 Å². The molecule has 9 rings (SSSR count). The summed E-state index contributed by atoms with van der Waals surface area (Å²) < 4.78 is 5.83. The fourth-order valence-electron chi connectivity index (χ4n) is 10.7. The lowest BCUT2D eigenvalue weighted by Gasteiger charge is -2.58. The number of nitrogens with one attached hydrogen (secondary N) is 2. The molecule has 2 unspecified atom stereocenters. The Balaban J connectivity index is 1.10. The van der Waals surface area contributed by atoms with Crippen molar-refractivity contribution < 1.29 is 14.0 Å². The first kappa shape index (κ1) is 28.8. The second kappa shape index (κ2) is 10.4. The van der Waals surface area contributed by atoms with Gasteiger partial charge >= 0.3 is 0 Å². The van der Waals surface area contributed by atoms with E-state index in [9.17, 15) is 9.59 Å². The molecule has 2 atom stereocenters. The third kappa shape index (κ3) is 4.66. The highest BCUT2D eigenvalue weighted by Crippen LogP contribution is 2.67. The summed E-state index contributed by atoms with van der Waals surface area (Å²) in [6.07, 6.45) is 10.9. The molecule has 2 N–H and O–H groups in total. The Labute approximate surface area is 265 Å². The van der Waals surface area contributed by atoms with Gasteiger partial charge < -0.3 is 19.6 Å². The second-order valence-electron chi connectivity index (χ2n) is 15.7. The van der Waals surface area contributed by atoms with Gasteiger partial charge in [-0.2, -0.15) is 11.8 Å². The molecule has 5 aliphatic carbocycles. The Morgan fingerprint density at radius 1 is 1.00 bits per heavy atom. The van der Waals surface area contributed by atoms with Crippen LogP contribution >= 0.6 is 11.8 Å². The number of fused-ring (bicyclic) bond motifs is 1. The minimum absolute atomic E-state index is 0.00122. The number of H-pyrrole nitrogens is 1. The van der Waals surface area contributed by atoms with Crippen molar-refractivity contribution in [3.63, 3.8) is 0 Å². The molecular weight excluding hydrogens is 566 g/mol. The number of para-hydroxylation sites is 1. The molecule has 0 spiro atoms. The van der Waals surface area contributed by atoms with E-state index in [0.29, 0.717) is 31.7 Å². The van der Waals surface area contributed by atoms with Crippen LogP contribution in [0.2, 0.25) is 0 Å². The number of benzene rings is 1. The molecule has 3 aromatic rings. The molecule has 0 radical (unpaired) electrons. The molecule has 2 aromatic heterocycles. The van der Waals surface area contributed by atoms with Crippen molar-refractivity contribution in [1.82, 2.24) is 15.2 Å². The molecular formula is C37H47N3O3S. The highest BCUT2D eigenvalue weighted by Gasteiger charge is 2.61. The van der Waals surface area contributed by atoms with Crippen molar-refractivity contribution >= 4 is 34.5 Å². The van der Waals surface area contributed by atoms with Crippen LogP contribution in [0.25, 0.3) is 10.9 Å². The summed E-state index contributed by atoms with van der Waals surface area (Å²) in [6.45, 7) is 7.12. The number of amides is 2. The maximum Gasteiger partial charge on any atom is 0.246 e. The number of thioether (sulfide) groups is 1. The standard InChI is InChI=1S/C37H47N3O3S/c1-23-32(28-8-4-5-9-30(28)38-23)33-29(35(33,2)3)18-31(41)40(22-27-7-6-12-43-27)37(10-13-44-14-11-37)34(42)39-36-19-24-15-25(20-36)17-26(16-24)21-36/h4-9,12,24-26,29,33,38H,10-11,13-22H2,1-3H3,(H,39,42). The van der Waals surface area contributed by atoms with Gasteiger partial charge in [0.05, 0.1) is 12.8 Å². The van der Waals surface area contributed by atoms with Crippen LogP contribution in [-0.2, 0) is 16.1 Å². The first-order valence-corrected chi connectivity index (χ1v) is 18.1. The molecule has 3 heterocycles. The first-order chi connectivity index (χ1) is 21.2. The predicted octanol–water partition coefficient (Wildman–Crippen LogP) is 7.58. The minimum atomic E-state index is -0.844. The lowest BCUT2D eigenvalue weighted by Crippen LogP contribution is -2.68. The summed E-state index contributed by atoms with van der Waals surface area (Å²) in [6, 6.07) is 12.4. The van der Waals surface area contributed by atoms with E-state index < -0.39 is 5.54 Å². The molecule has 1 aliphatic heterocycles. The Bertz CT molecular complexity index is 1530. The van der Waals surface area contributed by atoms with Crippen molar-refractivity contribution in [1.29, 1.82) is 0 Å². The van der Waals surface area contributed by atoms with Crippen LogP contribution in [0.3, 0.4) is 0 Å². The topological polar surface area (TPSA) is 78.3 Å². The van der Waals surface area contributed by atoms with Crippen molar-refractivity contribution in [2.45, 2.75) is 102 Å². The first-order valence-electron chi connectivity index (χ1n) is 17.0. The van der Waals surface area contributed by atoms with Gasteiger partial charge in [-0.3, -0.25) is 9.59 Å². The average molecular weight is 614 g/mol. The molecule has 5 saturated carbocycles. The van der Waals surface area contributed by atoms with Gasteiger partial charge in [0.2, 0.25) is 11.8 Å². The van der Waals surface area contributed by atoms with Crippen LogP contribution in [-0.4, -0.2) is 44.3 Å². The van der Waals surface area contributed by atoms with Gasteiger partial charge in [0.15, 0.2) is 0 Å². The molecule has 1 saturated heterocycles. The van der Waals surface area contributed by atoms with E-state index in [0.717, 1.165) is 59.8 Å². The zero-order valence-electron chi connectivity index (χ0n) is 26.5. The maximum atomic E-state index is 14.8. The third-order valence-electron chi connectivity index (χ3n) is 12.6. The normalized spacial score (nSPS) is 32.9. The number of carbonyl (C=O) groups excluding carboxylic acids is 2. The Morgan fingerprint density at radius 3 is 2.34 bits per heavy atom. The van der Waals surface area contributed by atoms with Crippen LogP contribution < -0.4 is 5.32 Å². The SMILES string of the molecule is Cc1[nH]c2ccccc2c1C1C(CC(=O)N(Cc2ccco2)C2(C(=O)NC34CC5CC(CC(C5)C3)C4)CCSCC2)C1(C)C. The van der Waals surface area contributed by atoms with Gasteiger partial charge in [-0.05, 0) is 129 Å². The Kier molecular flexibility index (Phi) is 6.82. The fraction of sp³-hybridized carbons (Fsp3) is 0.622. The number of nitrogens with zero attached hydrogens (tertiary/aromatic N) is 1. The maximum absolute atomic E-state index is 14.8. The van der Waals surface area contributed by atoms with Gasteiger partial charge in [0.25, 0.3) is 0 Å². The Hall–Kier alpha value is -2.67. The molecule has 44 heavy (non-hydrogen) atoms. The summed E-state index contributed by atoms with van der Waals surface area (Å²) in [4.78, 5) is 35.1. The van der Waals surface area contributed by atoms with Gasteiger partial charge in [-0.25, -0.2) is 0 Å². The van der Waals surface area contributed by atoms with E-state index in [4.69, 9.17) is 4.42 Å². The largest absolute Gasteiger partial charge is 0.467 e. The molecule has 6 fully saturated rings. The van der Waals surface area contributed by atoms with Crippen LogP contribution in [0.15, 0.2) is 47.1 Å². The summed E-state index contributed by atoms with van der Waals surface area (Å²) in [7, 11) is 0. The molecule has 7 heteroatoms. The van der Waals surface area contributed by atoms with Gasteiger partial charge in [0.1, 0.15) is 11.3 Å². The van der Waals surface area contributed by atoms with Gasteiger partial charge in [-0.1, -0.05) is 32.0 Å². The van der Waals surface area contributed by atoms with Crippen LogP contribution in [0, 0.1) is 36.0 Å². The fourth-order valence-corrected chi connectivity index (χ4v) is 11.8. The quantitative estimate of drug-likeness (QED) is 0.275. The van der Waals surface area contributed by atoms with Crippen molar-refractivity contribution in [2.75, 3.05) is 11.5 Å². The molecule has 1 aromatic carbocycles. The zero-order chi connectivity index (χ0) is 30.3. The van der Waals surface area contributed by atoms with Crippen molar-refractivity contribution in [3.8, 4) is 0 Å². The van der Waals surface area contributed by atoms with Crippen molar-refractivity contribution in [2.24, 2.45) is 29.1 Å². The number of aromatic amines is 1. The van der Waals surface area contributed by atoms with Crippen LogP contribution in [0.4, 0.5) is 0 Å². The monoisotopic (exact) mass is 613 g/mol. The number of furan rings is 1.